The average Bonchev–Trinajstić information content (AvgIpc) is 2.89. The highest BCUT2D eigenvalue weighted by atomic mass is 19.2. The Balaban J connectivity index is 1.48. The van der Waals surface area contributed by atoms with Gasteiger partial charge in [-0.2, -0.15) is 4.39 Å². The zero-order chi connectivity index (χ0) is 25.8. The maximum absolute atomic E-state index is 15.0. The lowest BCUT2D eigenvalue weighted by atomic mass is 9.77. The van der Waals surface area contributed by atoms with Crippen molar-refractivity contribution < 1.29 is 31.8 Å². The molecule has 4 rings (SSSR count). The van der Waals surface area contributed by atoms with E-state index >= 15 is 0 Å². The summed E-state index contributed by atoms with van der Waals surface area (Å²) in [5, 5.41) is 0. The van der Waals surface area contributed by atoms with Crippen molar-refractivity contribution in [3.63, 3.8) is 0 Å². The van der Waals surface area contributed by atoms with Gasteiger partial charge in [0, 0.05) is 5.56 Å². The first-order valence-corrected chi connectivity index (χ1v) is 12.2. The molecule has 1 saturated carbocycles. The second-order valence-corrected chi connectivity index (χ2v) is 9.04. The molecule has 190 valence electrons. The van der Waals surface area contributed by atoms with Crippen LogP contribution in [0.4, 0.5) is 17.6 Å². The van der Waals surface area contributed by atoms with Crippen LogP contribution in [0.3, 0.4) is 0 Å². The normalized spacial score (nSPS) is 17.6. The van der Waals surface area contributed by atoms with Crippen LogP contribution in [-0.2, 0) is 0 Å². The highest BCUT2D eigenvalue weighted by Crippen LogP contribution is 2.39. The zero-order valence-electron chi connectivity index (χ0n) is 20.3. The lowest BCUT2D eigenvalue weighted by molar-refractivity contribution is 0.0728. The number of rotatable bonds is 7. The minimum atomic E-state index is -1.37. The van der Waals surface area contributed by atoms with E-state index in [4.69, 9.17) is 9.47 Å². The number of hydrogen-bond donors (Lipinski definition) is 0. The van der Waals surface area contributed by atoms with Gasteiger partial charge >= 0.3 is 5.97 Å². The molecular formula is C29H28F4O3. The van der Waals surface area contributed by atoms with Crippen molar-refractivity contribution in [2.45, 2.75) is 51.9 Å². The molecule has 0 unspecified atom stereocenters. The van der Waals surface area contributed by atoms with Crippen LogP contribution < -0.4 is 9.47 Å². The molecule has 0 atom stereocenters. The molecule has 0 saturated heterocycles. The Bertz CT molecular complexity index is 1230. The lowest BCUT2D eigenvalue weighted by Crippen LogP contribution is -2.14. The van der Waals surface area contributed by atoms with Gasteiger partial charge in [0.05, 0.1) is 12.2 Å². The molecule has 0 heterocycles. The van der Waals surface area contributed by atoms with Gasteiger partial charge in [0.15, 0.2) is 23.2 Å². The quantitative estimate of drug-likeness (QED) is 0.186. The maximum Gasteiger partial charge on any atom is 0.346 e. The molecule has 3 aromatic carbocycles. The van der Waals surface area contributed by atoms with Crippen LogP contribution in [0.5, 0.6) is 11.5 Å². The van der Waals surface area contributed by atoms with Gasteiger partial charge < -0.3 is 9.47 Å². The smallest absolute Gasteiger partial charge is 0.346 e. The monoisotopic (exact) mass is 500 g/mol. The third kappa shape index (κ3) is 5.25. The predicted octanol–water partition coefficient (Wildman–Crippen LogP) is 8.21. The molecule has 0 amide bonds. The van der Waals surface area contributed by atoms with Gasteiger partial charge in [0.2, 0.25) is 5.82 Å². The summed E-state index contributed by atoms with van der Waals surface area (Å²) < 4.78 is 68.4. The molecule has 0 aliphatic heterocycles. The Morgan fingerprint density at radius 3 is 2.14 bits per heavy atom. The van der Waals surface area contributed by atoms with Crippen molar-refractivity contribution >= 4 is 5.97 Å². The number of carbonyl (C=O) groups excluding carboxylic acids is 1. The standard InChI is InChI=1S/C29H28F4O3/c1-3-17-5-7-18(8-6-17)21-13-14-22(26(31)25(21)30)19-9-11-20(12-10-19)36-29(34)23-15-16-24(35-4-2)28(33)27(23)32/h9-18H,3-8H2,1-2H3. The van der Waals surface area contributed by atoms with Crippen LogP contribution in [0.2, 0.25) is 0 Å². The molecule has 1 fully saturated rings. The second-order valence-electron chi connectivity index (χ2n) is 9.04. The van der Waals surface area contributed by atoms with E-state index in [0.717, 1.165) is 44.2 Å². The summed E-state index contributed by atoms with van der Waals surface area (Å²) >= 11 is 0. The molecule has 0 spiro atoms. The highest BCUT2D eigenvalue weighted by molar-refractivity contribution is 5.91. The molecule has 0 bridgehead atoms. The molecule has 1 aliphatic rings. The number of carbonyl (C=O) groups is 1. The van der Waals surface area contributed by atoms with E-state index in [0.29, 0.717) is 17.0 Å². The van der Waals surface area contributed by atoms with Gasteiger partial charge in [0.1, 0.15) is 5.75 Å². The third-order valence-electron chi connectivity index (χ3n) is 6.92. The van der Waals surface area contributed by atoms with Crippen LogP contribution in [0.25, 0.3) is 11.1 Å². The van der Waals surface area contributed by atoms with Crippen LogP contribution in [0.1, 0.15) is 67.8 Å². The van der Waals surface area contributed by atoms with Crippen molar-refractivity contribution in [1.29, 1.82) is 0 Å². The topological polar surface area (TPSA) is 35.5 Å². The first-order valence-electron chi connectivity index (χ1n) is 12.2. The molecule has 0 radical (unpaired) electrons. The van der Waals surface area contributed by atoms with Crippen LogP contribution >= 0.6 is 0 Å². The van der Waals surface area contributed by atoms with Gasteiger partial charge in [-0.3, -0.25) is 0 Å². The Hall–Kier alpha value is -3.35. The minimum absolute atomic E-state index is 0.0194. The third-order valence-corrected chi connectivity index (χ3v) is 6.92. The number of benzene rings is 3. The van der Waals surface area contributed by atoms with E-state index in [1.165, 1.54) is 24.3 Å². The van der Waals surface area contributed by atoms with Crippen LogP contribution in [0, 0.1) is 29.2 Å². The summed E-state index contributed by atoms with van der Waals surface area (Å²) in [4.78, 5) is 12.4. The lowest BCUT2D eigenvalue weighted by Gasteiger charge is -2.28. The first-order chi connectivity index (χ1) is 17.3. The Labute approximate surface area is 208 Å². The summed E-state index contributed by atoms with van der Waals surface area (Å²) in [6, 6.07) is 11.2. The Morgan fingerprint density at radius 2 is 1.50 bits per heavy atom. The van der Waals surface area contributed by atoms with Crippen molar-refractivity contribution in [2.24, 2.45) is 5.92 Å². The van der Waals surface area contributed by atoms with Gasteiger partial charge in [-0.25, -0.2) is 18.0 Å². The summed E-state index contributed by atoms with van der Waals surface area (Å²) in [5.74, 6) is -5.06. The van der Waals surface area contributed by atoms with E-state index in [2.05, 4.69) is 6.92 Å². The van der Waals surface area contributed by atoms with Gasteiger partial charge in [-0.05, 0) is 79.8 Å². The minimum Gasteiger partial charge on any atom is -0.491 e. The SMILES string of the molecule is CCOc1ccc(C(=O)Oc2ccc(-c3ccc(C4CCC(CC)CC4)c(F)c3F)cc2)c(F)c1F. The molecule has 0 aromatic heterocycles. The summed E-state index contributed by atoms with van der Waals surface area (Å²) in [7, 11) is 0. The van der Waals surface area contributed by atoms with Crippen LogP contribution in [0.15, 0.2) is 48.5 Å². The van der Waals surface area contributed by atoms with Gasteiger partial charge in [-0.15, -0.1) is 0 Å². The van der Waals surface area contributed by atoms with Gasteiger partial charge in [-0.1, -0.05) is 37.6 Å². The fraction of sp³-hybridized carbons (Fsp3) is 0.345. The average molecular weight is 501 g/mol. The van der Waals surface area contributed by atoms with Crippen molar-refractivity contribution in [2.75, 3.05) is 6.61 Å². The van der Waals surface area contributed by atoms with Crippen molar-refractivity contribution in [3.8, 4) is 22.6 Å². The van der Waals surface area contributed by atoms with E-state index in [9.17, 15) is 22.4 Å². The molecule has 1 aliphatic carbocycles. The number of halogens is 4. The molecule has 0 N–H and O–H groups in total. The number of esters is 1. The number of ether oxygens (including phenoxy) is 2. The zero-order valence-corrected chi connectivity index (χ0v) is 20.3. The first kappa shape index (κ1) is 25.7. The van der Waals surface area contributed by atoms with E-state index in [-0.39, 0.29) is 29.6 Å². The molecular weight excluding hydrogens is 472 g/mol. The summed E-state index contributed by atoms with van der Waals surface area (Å²) in [6.07, 6.45) is 4.87. The molecule has 3 aromatic rings. The van der Waals surface area contributed by atoms with E-state index < -0.39 is 34.8 Å². The largest absolute Gasteiger partial charge is 0.491 e. The van der Waals surface area contributed by atoms with E-state index in [1.807, 2.05) is 0 Å². The van der Waals surface area contributed by atoms with Crippen molar-refractivity contribution in [1.82, 2.24) is 0 Å². The fourth-order valence-electron chi connectivity index (χ4n) is 4.81. The maximum atomic E-state index is 15.0. The Morgan fingerprint density at radius 1 is 0.806 bits per heavy atom. The van der Waals surface area contributed by atoms with Crippen molar-refractivity contribution in [3.05, 3.63) is 82.9 Å². The molecule has 3 nitrogen and oxygen atoms in total. The summed E-state index contributed by atoms with van der Waals surface area (Å²) in [5.41, 5.74) is 0.319. The number of hydrogen-bond acceptors (Lipinski definition) is 3. The van der Waals surface area contributed by atoms with Crippen LogP contribution in [-0.4, -0.2) is 12.6 Å². The predicted molar refractivity (Wildman–Crippen MR) is 129 cm³/mol. The van der Waals surface area contributed by atoms with E-state index in [1.54, 1.807) is 19.1 Å². The molecule has 36 heavy (non-hydrogen) atoms. The second kappa shape index (κ2) is 11.1. The fourth-order valence-corrected chi connectivity index (χ4v) is 4.81. The van der Waals surface area contributed by atoms with Gasteiger partial charge in [0.25, 0.3) is 0 Å². The summed E-state index contributed by atoms with van der Waals surface area (Å²) in [6.45, 7) is 3.92. The molecule has 7 heteroatoms. The highest BCUT2D eigenvalue weighted by Gasteiger charge is 2.26. The Kier molecular flexibility index (Phi) is 7.97.